The Labute approximate surface area is 133 Å². The summed E-state index contributed by atoms with van der Waals surface area (Å²) in [6.07, 6.45) is -4.63. The van der Waals surface area contributed by atoms with Crippen LogP contribution < -0.4 is 5.63 Å². The largest absolute Gasteiger partial charge is 0.506 e. The predicted octanol–water partition coefficient (Wildman–Crippen LogP) is 3.96. The molecule has 7 heteroatoms. The molecule has 3 rings (SSSR count). The van der Waals surface area contributed by atoms with Crippen LogP contribution in [0.3, 0.4) is 0 Å². The van der Waals surface area contributed by atoms with E-state index in [1.165, 1.54) is 6.07 Å². The van der Waals surface area contributed by atoms with Crippen LogP contribution in [0.2, 0.25) is 0 Å². The molecule has 0 unspecified atom stereocenters. The Hall–Kier alpha value is -2.83. The lowest BCUT2D eigenvalue weighted by atomic mass is 9.99. The van der Waals surface area contributed by atoms with Crippen molar-refractivity contribution in [1.29, 1.82) is 0 Å². The number of benzene rings is 2. The molecule has 0 aliphatic rings. The number of carbonyl (C=O) groups excluding carboxylic acids is 1. The standard InChI is InChI=1S/C17H11F3O4/c1-2-8-3-4-9-5-6-11-12(10(9)7-8)14(21)13(16(23)24-11)15(22)17(18,19)20/h3-7,21H,2H2,1H3. The van der Waals surface area contributed by atoms with Gasteiger partial charge in [0.2, 0.25) is 0 Å². The summed E-state index contributed by atoms with van der Waals surface area (Å²) in [7, 11) is 0. The molecular weight excluding hydrogens is 325 g/mol. The van der Waals surface area contributed by atoms with E-state index in [9.17, 15) is 27.9 Å². The van der Waals surface area contributed by atoms with Crippen molar-refractivity contribution in [2.24, 2.45) is 0 Å². The highest BCUT2D eigenvalue weighted by molar-refractivity contribution is 6.13. The van der Waals surface area contributed by atoms with E-state index in [2.05, 4.69) is 0 Å². The summed E-state index contributed by atoms with van der Waals surface area (Å²) in [5.41, 5.74) is -2.13. The van der Waals surface area contributed by atoms with Gasteiger partial charge in [0, 0.05) is 0 Å². The average molecular weight is 336 g/mol. The van der Waals surface area contributed by atoms with Crippen LogP contribution in [0, 0.1) is 0 Å². The van der Waals surface area contributed by atoms with Gasteiger partial charge in [0.05, 0.1) is 5.39 Å². The lowest BCUT2D eigenvalue weighted by Crippen LogP contribution is -2.28. The second-order valence-electron chi connectivity index (χ2n) is 5.29. The number of aryl methyl sites for hydroxylation is 1. The minimum Gasteiger partial charge on any atom is -0.506 e. The number of hydrogen-bond acceptors (Lipinski definition) is 4. The first kappa shape index (κ1) is 16.0. The molecule has 0 amide bonds. The maximum Gasteiger partial charge on any atom is 0.455 e. The molecule has 1 heterocycles. The van der Waals surface area contributed by atoms with Gasteiger partial charge in [0.25, 0.3) is 5.78 Å². The molecule has 4 nitrogen and oxygen atoms in total. The van der Waals surface area contributed by atoms with Gasteiger partial charge >= 0.3 is 11.8 Å². The van der Waals surface area contributed by atoms with Crippen LogP contribution in [0.1, 0.15) is 22.8 Å². The number of fused-ring (bicyclic) bond motifs is 3. The fourth-order valence-corrected chi connectivity index (χ4v) is 2.61. The Morgan fingerprint density at radius 2 is 1.88 bits per heavy atom. The lowest BCUT2D eigenvalue weighted by Gasteiger charge is -2.10. The van der Waals surface area contributed by atoms with Crippen LogP contribution >= 0.6 is 0 Å². The fraction of sp³-hybridized carbons (Fsp3) is 0.176. The Morgan fingerprint density at radius 3 is 2.50 bits per heavy atom. The van der Waals surface area contributed by atoms with Crippen molar-refractivity contribution in [3.8, 4) is 5.75 Å². The van der Waals surface area contributed by atoms with Gasteiger partial charge in [-0.05, 0) is 28.8 Å². The molecule has 0 spiro atoms. The van der Waals surface area contributed by atoms with E-state index in [-0.39, 0.29) is 11.0 Å². The lowest BCUT2D eigenvalue weighted by molar-refractivity contribution is -0.0888. The first-order chi connectivity index (χ1) is 11.2. The first-order valence-electron chi connectivity index (χ1n) is 7.07. The number of aromatic hydroxyl groups is 1. The number of Topliss-reactive ketones (excluding diaryl/α,β-unsaturated/α-hetero) is 1. The maximum atomic E-state index is 12.7. The molecule has 1 aromatic heterocycles. The molecule has 2 aromatic carbocycles. The van der Waals surface area contributed by atoms with E-state index < -0.39 is 28.9 Å². The molecule has 0 saturated carbocycles. The molecule has 0 saturated heterocycles. The molecule has 24 heavy (non-hydrogen) atoms. The van der Waals surface area contributed by atoms with Gasteiger partial charge in [-0.25, -0.2) is 4.79 Å². The highest BCUT2D eigenvalue weighted by Gasteiger charge is 2.43. The maximum absolute atomic E-state index is 12.7. The quantitative estimate of drug-likeness (QED) is 0.437. The number of carbonyl (C=O) groups is 1. The second-order valence-corrected chi connectivity index (χ2v) is 5.29. The smallest absolute Gasteiger partial charge is 0.455 e. The van der Waals surface area contributed by atoms with Gasteiger partial charge in [-0.3, -0.25) is 4.79 Å². The molecule has 0 aliphatic carbocycles. The summed E-state index contributed by atoms with van der Waals surface area (Å²) in [5.74, 6) is -3.44. The van der Waals surface area contributed by atoms with Crippen molar-refractivity contribution in [3.05, 3.63) is 51.9 Å². The first-order valence-corrected chi connectivity index (χ1v) is 7.07. The van der Waals surface area contributed by atoms with Crippen molar-refractivity contribution < 1.29 is 27.5 Å². The van der Waals surface area contributed by atoms with Gasteiger partial charge in [-0.1, -0.05) is 31.2 Å². The van der Waals surface area contributed by atoms with Crippen molar-refractivity contribution in [2.45, 2.75) is 19.5 Å². The molecule has 0 fully saturated rings. The minimum atomic E-state index is -5.29. The summed E-state index contributed by atoms with van der Waals surface area (Å²) < 4.78 is 42.9. The monoisotopic (exact) mass is 336 g/mol. The van der Waals surface area contributed by atoms with Crippen LogP contribution in [0.25, 0.3) is 21.7 Å². The Balaban J connectivity index is 2.47. The van der Waals surface area contributed by atoms with Crippen LogP contribution in [-0.2, 0) is 6.42 Å². The Bertz CT molecular complexity index is 1030. The van der Waals surface area contributed by atoms with Crippen molar-refractivity contribution in [3.63, 3.8) is 0 Å². The third kappa shape index (κ3) is 2.42. The fourth-order valence-electron chi connectivity index (χ4n) is 2.61. The Kier molecular flexibility index (Phi) is 3.59. The SMILES string of the molecule is CCc1ccc2ccc3oc(=O)c(C(=O)C(F)(F)F)c(O)c3c2c1. The molecule has 0 atom stereocenters. The molecule has 3 aromatic rings. The molecular formula is C17H11F3O4. The molecule has 124 valence electrons. The third-order valence-electron chi connectivity index (χ3n) is 3.82. The van der Waals surface area contributed by atoms with Crippen molar-refractivity contribution in [1.82, 2.24) is 0 Å². The molecule has 0 radical (unpaired) electrons. The zero-order chi connectivity index (χ0) is 17.6. The van der Waals surface area contributed by atoms with Crippen LogP contribution in [0.5, 0.6) is 5.75 Å². The summed E-state index contributed by atoms with van der Waals surface area (Å²) in [6, 6.07) is 8.24. The van der Waals surface area contributed by atoms with E-state index in [1.807, 2.05) is 13.0 Å². The summed E-state index contributed by atoms with van der Waals surface area (Å²) >= 11 is 0. The number of ketones is 1. The molecule has 0 bridgehead atoms. The van der Waals surface area contributed by atoms with Gasteiger partial charge in [0.1, 0.15) is 11.3 Å². The van der Waals surface area contributed by atoms with Crippen LogP contribution in [-0.4, -0.2) is 17.1 Å². The average Bonchev–Trinajstić information content (AvgIpc) is 2.52. The van der Waals surface area contributed by atoms with E-state index in [0.717, 1.165) is 5.56 Å². The van der Waals surface area contributed by atoms with Crippen molar-refractivity contribution in [2.75, 3.05) is 0 Å². The van der Waals surface area contributed by atoms with E-state index in [1.54, 1.807) is 18.2 Å². The summed E-state index contributed by atoms with van der Waals surface area (Å²) in [5, 5.41) is 11.2. The van der Waals surface area contributed by atoms with Gasteiger partial charge < -0.3 is 9.52 Å². The highest BCUT2D eigenvalue weighted by atomic mass is 19.4. The number of rotatable bonds is 2. The zero-order valence-electron chi connectivity index (χ0n) is 12.4. The topological polar surface area (TPSA) is 67.5 Å². The normalized spacial score (nSPS) is 12.0. The van der Waals surface area contributed by atoms with Gasteiger partial charge in [-0.15, -0.1) is 0 Å². The second kappa shape index (κ2) is 5.36. The number of alkyl halides is 3. The third-order valence-corrected chi connectivity index (χ3v) is 3.82. The van der Waals surface area contributed by atoms with Gasteiger partial charge in [-0.2, -0.15) is 13.2 Å². The Morgan fingerprint density at radius 1 is 1.21 bits per heavy atom. The molecule has 1 N–H and O–H groups in total. The predicted molar refractivity (Wildman–Crippen MR) is 81.4 cm³/mol. The van der Waals surface area contributed by atoms with Gasteiger partial charge in [0.15, 0.2) is 5.56 Å². The van der Waals surface area contributed by atoms with E-state index >= 15 is 0 Å². The molecule has 0 aliphatic heterocycles. The summed E-state index contributed by atoms with van der Waals surface area (Å²) in [6.45, 7) is 1.89. The minimum absolute atomic E-state index is 0.0861. The zero-order valence-corrected chi connectivity index (χ0v) is 12.4. The van der Waals surface area contributed by atoms with Crippen LogP contribution in [0.4, 0.5) is 13.2 Å². The van der Waals surface area contributed by atoms with Crippen molar-refractivity contribution >= 4 is 27.5 Å². The van der Waals surface area contributed by atoms with E-state index in [0.29, 0.717) is 17.2 Å². The van der Waals surface area contributed by atoms with Crippen LogP contribution in [0.15, 0.2) is 39.5 Å². The number of hydrogen-bond donors (Lipinski definition) is 1. The number of halogens is 3. The van der Waals surface area contributed by atoms with E-state index in [4.69, 9.17) is 4.42 Å². The summed E-state index contributed by atoms with van der Waals surface area (Å²) in [4.78, 5) is 23.2. The highest BCUT2D eigenvalue weighted by Crippen LogP contribution is 2.36.